The van der Waals surface area contributed by atoms with Crippen LogP contribution in [0, 0.1) is 6.92 Å². The van der Waals surface area contributed by atoms with Gasteiger partial charge in [0.2, 0.25) is 11.0 Å². The summed E-state index contributed by atoms with van der Waals surface area (Å²) in [6.45, 7) is 3.86. The Morgan fingerprint density at radius 2 is 1.91 bits per heavy atom. The van der Waals surface area contributed by atoms with Crippen molar-refractivity contribution in [3.8, 4) is 11.1 Å². The molecule has 1 saturated carbocycles. The van der Waals surface area contributed by atoms with Crippen LogP contribution in [0.25, 0.3) is 21.3 Å². The van der Waals surface area contributed by atoms with Gasteiger partial charge in [-0.3, -0.25) is 19.5 Å². The molecule has 35 heavy (non-hydrogen) atoms. The van der Waals surface area contributed by atoms with Crippen LogP contribution in [0.2, 0.25) is 5.02 Å². The van der Waals surface area contributed by atoms with E-state index in [1.165, 1.54) is 52.8 Å². The van der Waals surface area contributed by atoms with Crippen LogP contribution >= 0.6 is 34.3 Å². The highest BCUT2D eigenvalue weighted by molar-refractivity contribution is 7.19. The lowest BCUT2D eigenvalue weighted by Gasteiger charge is -2.18. The standard InChI is InChI=1S/C25H26ClN5O2S2/c1-3-18(21(32)28-25-30-29-22(35-25)16-7-5-4-6-8-16)31-13-27-23-20(24(31)33)19(14(2)34-23)15-9-11-17(26)12-10-15/h9-13,16,18H,3-8H2,1-2H3,(H,28,30,32). The maximum atomic E-state index is 13.7. The fourth-order valence-corrected chi connectivity index (χ4v) is 6.84. The predicted octanol–water partition coefficient (Wildman–Crippen LogP) is 6.58. The largest absolute Gasteiger partial charge is 0.299 e. The first-order chi connectivity index (χ1) is 17.0. The number of halogens is 1. The summed E-state index contributed by atoms with van der Waals surface area (Å²) in [7, 11) is 0. The molecule has 1 unspecified atom stereocenters. The molecule has 1 aliphatic carbocycles. The first-order valence-corrected chi connectivity index (χ1v) is 13.9. The molecule has 5 rings (SSSR count). The summed E-state index contributed by atoms with van der Waals surface area (Å²) in [6, 6.07) is 6.70. The molecule has 182 valence electrons. The van der Waals surface area contributed by atoms with E-state index in [0.717, 1.165) is 33.9 Å². The van der Waals surface area contributed by atoms with Gasteiger partial charge >= 0.3 is 0 Å². The van der Waals surface area contributed by atoms with Crippen molar-refractivity contribution in [1.82, 2.24) is 19.7 Å². The number of hydrogen-bond acceptors (Lipinski definition) is 7. The lowest BCUT2D eigenvalue weighted by Crippen LogP contribution is -2.33. The van der Waals surface area contributed by atoms with Crippen LogP contribution in [0.4, 0.5) is 5.13 Å². The minimum Gasteiger partial charge on any atom is -0.299 e. The second-order valence-electron chi connectivity index (χ2n) is 8.87. The van der Waals surface area contributed by atoms with Crippen molar-refractivity contribution < 1.29 is 4.79 Å². The van der Waals surface area contributed by atoms with Crippen molar-refractivity contribution in [2.24, 2.45) is 0 Å². The normalized spacial score (nSPS) is 15.4. The van der Waals surface area contributed by atoms with Crippen LogP contribution in [0.15, 0.2) is 35.4 Å². The van der Waals surface area contributed by atoms with Crippen molar-refractivity contribution in [2.75, 3.05) is 5.32 Å². The molecule has 1 aromatic carbocycles. The molecule has 1 amide bonds. The Labute approximate surface area is 216 Å². The maximum Gasteiger partial charge on any atom is 0.263 e. The summed E-state index contributed by atoms with van der Waals surface area (Å²) in [4.78, 5) is 33.1. The number of benzene rings is 1. The molecule has 3 heterocycles. The average Bonchev–Trinajstić information content (AvgIpc) is 3.46. The summed E-state index contributed by atoms with van der Waals surface area (Å²) in [6.07, 6.45) is 7.85. The van der Waals surface area contributed by atoms with E-state index in [1.807, 2.05) is 26.0 Å². The average molecular weight is 528 g/mol. The number of rotatable bonds is 6. The maximum absolute atomic E-state index is 13.7. The summed E-state index contributed by atoms with van der Waals surface area (Å²) in [5.41, 5.74) is 1.51. The van der Waals surface area contributed by atoms with Gasteiger partial charge in [0.05, 0.1) is 11.7 Å². The van der Waals surface area contributed by atoms with Crippen LogP contribution in [-0.4, -0.2) is 25.7 Å². The zero-order valence-electron chi connectivity index (χ0n) is 19.6. The summed E-state index contributed by atoms with van der Waals surface area (Å²) in [5.74, 6) is 0.137. The van der Waals surface area contributed by atoms with Gasteiger partial charge in [-0.2, -0.15) is 0 Å². The zero-order valence-corrected chi connectivity index (χ0v) is 22.0. The SMILES string of the molecule is CCC(C(=O)Nc1nnc(C2CCCCC2)s1)n1cnc2sc(C)c(-c3ccc(Cl)cc3)c2c1=O. The third-order valence-corrected chi connectivity index (χ3v) is 8.86. The molecule has 7 nitrogen and oxygen atoms in total. The number of amides is 1. The van der Waals surface area contributed by atoms with Crippen LogP contribution in [0.3, 0.4) is 0 Å². The van der Waals surface area contributed by atoms with Gasteiger partial charge in [0, 0.05) is 21.4 Å². The molecule has 0 bridgehead atoms. The highest BCUT2D eigenvalue weighted by atomic mass is 35.5. The van der Waals surface area contributed by atoms with Gasteiger partial charge in [-0.15, -0.1) is 21.5 Å². The first kappa shape index (κ1) is 24.1. The molecule has 1 fully saturated rings. The zero-order chi connectivity index (χ0) is 24.5. The minimum atomic E-state index is -0.709. The quantitative estimate of drug-likeness (QED) is 0.306. The number of anilines is 1. The minimum absolute atomic E-state index is 0.230. The number of carbonyl (C=O) groups is 1. The van der Waals surface area contributed by atoms with Crippen LogP contribution in [0.1, 0.15) is 67.3 Å². The van der Waals surface area contributed by atoms with Crippen molar-refractivity contribution in [3.63, 3.8) is 0 Å². The number of nitrogens with one attached hydrogen (secondary N) is 1. The summed E-state index contributed by atoms with van der Waals surface area (Å²) in [5, 5.41) is 14.0. The van der Waals surface area contributed by atoms with E-state index >= 15 is 0 Å². The molecule has 1 atom stereocenters. The fourth-order valence-electron chi connectivity index (χ4n) is 4.80. The Kier molecular flexibility index (Phi) is 7.00. The number of carbonyl (C=O) groups excluding carboxylic acids is 1. The monoisotopic (exact) mass is 527 g/mol. The van der Waals surface area contributed by atoms with E-state index in [2.05, 4.69) is 20.5 Å². The van der Waals surface area contributed by atoms with E-state index in [0.29, 0.717) is 32.7 Å². The summed E-state index contributed by atoms with van der Waals surface area (Å²) >= 11 is 8.97. The van der Waals surface area contributed by atoms with Gasteiger partial charge in [-0.05, 0) is 43.9 Å². The Hall–Kier alpha value is -2.62. The summed E-state index contributed by atoms with van der Waals surface area (Å²) < 4.78 is 1.44. The highest BCUT2D eigenvalue weighted by Gasteiger charge is 2.26. The van der Waals surface area contributed by atoms with E-state index in [4.69, 9.17) is 11.6 Å². The van der Waals surface area contributed by atoms with Crippen LogP contribution < -0.4 is 10.9 Å². The molecule has 0 aliphatic heterocycles. The van der Waals surface area contributed by atoms with Gasteiger partial charge < -0.3 is 0 Å². The topological polar surface area (TPSA) is 89.8 Å². The Bertz CT molecular complexity index is 1420. The number of hydrogen-bond donors (Lipinski definition) is 1. The molecular weight excluding hydrogens is 502 g/mol. The van der Waals surface area contributed by atoms with Gasteiger partial charge in [0.25, 0.3) is 5.56 Å². The molecule has 1 N–H and O–H groups in total. The number of nitrogens with zero attached hydrogens (tertiary/aromatic N) is 4. The van der Waals surface area contributed by atoms with E-state index in [-0.39, 0.29) is 11.5 Å². The highest BCUT2D eigenvalue weighted by Crippen LogP contribution is 2.37. The Morgan fingerprint density at radius 3 is 2.63 bits per heavy atom. The molecule has 3 aromatic heterocycles. The van der Waals surface area contributed by atoms with Crippen molar-refractivity contribution in [3.05, 3.63) is 55.9 Å². The second kappa shape index (κ2) is 10.2. The third kappa shape index (κ3) is 4.77. The van der Waals surface area contributed by atoms with Crippen molar-refractivity contribution in [1.29, 1.82) is 0 Å². The van der Waals surface area contributed by atoms with E-state index in [1.54, 1.807) is 12.1 Å². The molecular formula is C25H26ClN5O2S2. The Morgan fingerprint density at radius 1 is 1.17 bits per heavy atom. The smallest absolute Gasteiger partial charge is 0.263 e. The molecule has 1 aliphatic rings. The third-order valence-electron chi connectivity index (χ3n) is 6.60. The van der Waals surface area contributed by atoms with E-state index < -0.39 is 6.04 Å². The van der Waals surface area contributed by atoms with E-state index in [9.17, 15) is 9.59 Å². The van der Waals surface area contributed by atoms with Gasteiger partial charge in [0.1, 0.15) is 15.9 Å². The number of thiophene rings is 1. The predicted molar refractivity (Wildman–Crippen MR) is 143 cm³/mol. The Balaban J connectivity index is 1.45. The number of aromatic nitrogens is 4. The fraction of sp³-hybridized carbons (Fsp3) is 0.400. The van der Waals surface area contributed by atoms with Gasteiger partial charge in [-0.25, -0.2) is 4.98 Å². The molecule has 0 spiro atoms. The lowest BCUT2D eigenvalue weighted by atomic mass is 9.90. The van der Waals surface area contributed by atoms with Gasteiger partial charge in [-0.1, -0.05) is 61.3 Å². The molecule has 10 heteroatoms. The number of aryl methyl sites for hydroxylation is 1. The van der Waals surface area contributed by atoms with Crippen LogP contribution in [0.5, 0.6) is 0 Å². The molecule has 0 saturated heterocycles. The first-order valence-electron chi connectivity index (χ1n) is 11.9. The lowest BCUT2D eigenvalue weighted by molar-refractivity contribution is -0.119. The number of fused-ring (bicyclic) bond motifs is 1. The molecule has 0 radical (unpaired) electrons. The van der Waals surface area contributed by atoms with Crippen molar-refractivity contribution in [2.45, 2.75) is 64.3 Å². The van der Waals surface area contributed by atoms with Gasteiger partial charge in [0.15, 0.2) is 0 Å². The molecule has 4 aromatic rings. The van der Waals surface area contributed by atoms with Crippen molar-refractivity contribution >= 4 is 55.5 Å². The second-order valence-corrected chi connectivity index (χ2v) is 11.5. The van der Waals surface area contributed by atoms with Crippen LogP contribution in [-0.2, 0) is 4.79 Å².